The summed E-state index contributed by atoms with van der Waals surface area (Å²) >= 11 is 0. The van der Waals surface area contributed by atoms with Crippen molar-refractivity contribution >= 4 is 10.1 Å². The van der Waals surface area contributed by atoms with Crippen LogP contribution in [0.15, 0.2) is 34.9 Å². The summed E-state index contributed by atoms with van der Waals surface area (Å²) in [5.74, 6) is 0.586. The zero-order valence-electron chi connectivity index (χ0n) is 12.6. The third-order valence-electron chi connectivity index (χ3n) is 3.02. The van der Waals surface area contributed by atoms with Crippen molar-refractivity contribution in [1.82, 2.24) is 5.16 Å². The Balaban J connectivity index is 2.14. The van der Waals surface area contributed by atoms with Crippen molar-refractivity contribution in [3.05, 3.63) is 41.6 Å². The number of rotatable bonds is 4. The Morgan fingerprint density at radius 3 is 2.33 bits per heavy atom. The molecule has 114 valence electrons. The molecule has 2 aromatic rings. The second-order valence-corrected chi connectivity index (χ2v) is 7.62. The van der Waals surface area contributed by atoms with Crippen molar-refractivity contribution in [2.75, 3.05) is 6.26 Å². The molecule has 21 heavy (non-hydrogen) atoms. The van der Waals surface area contributed by atoms with Crippen LogP contribution in [0, 0.1) is 0 Å². The van der Waals surface area contributed by atoms with Crippen LogP contribution >= 0.6 is 0 Å². The van der Waals surface area contributed by atoms with Gasteiger partial charge in [0.1, 0.15) is 12.3 Å². The van der Waals surface area contributed by atoms with E-state index in [0.717, 1.165) is 11.8 Å². The van der Waals surface area contributed by atoms with E-state index in [0.29, 0.717) is 11.5 Å². The Morgan fingerprint density at radius 1 is 1.19 bits per heavy atom. The number of hydrogen-bond acceptors (Lipinski definition) is 5. The second-order valence-electron chi connectivity index (χ2n) is 5.98. The first-order chi connectivity index (χ1) is 9.65. The fraction of sp³-hybridized carbons (Fsp3) is 0.400. The van der Waals surface area contributed by atoms with Gasteiger partial charge in [-0.25, -0.2) is 0 Å². The molecule has 0 aliphatic carbocycles. The van der Waals surface area contributed by atoms with Gasteiger partial charge in [-0.05, 0) is 11.0 Å². The second kappa shape index (κ2) is 5.61. The molecule has 0 aliphatic heterocycles. The van der Waals surface area contributed by atoms with Gasteiger partial charge in [0, 0.05) is 11.6 Å². The van der Waals surface area contributed by atoms with Gasteiger partial charge in [0.2, 0.25) is 0 Å². The molecule has 0 radical (unpaired) electrons. The Morgan fingerprint density at radius 2 is 1.81 bits per heavy atom. The molecule has 1 aromatic heterocycles. The quantitative estimate of drug-likeness (QED) is 0.812. The summed E-state index contributed by atoms with van der Waals surface area (Å²) in [5.41, 5.74) is 2.65. The van der Waals surface area contributed by atoms with Crippen LogP contribution in [0.3, 0.4) is 0 Å². The van der Waals surface area contributed by atoms with Gasteiger partial charge in [0.15, 0.2) is 5.76 Å². The molecule has 1 aromatic carbocycles. The smallest absolute Gasteiger partial charge is 0.264 e. The lowest BCUT2D eigenvalue weighted by Crippen LogP contribution is -2.10. The average molecular weight is 309 g/mol. The van der Waals surface area contributed by atoms with E-state index >= 15 is 0 Å². The van der Waals surface area contributed by atoms with Crippen LogP contribution < -0.4 is 0 Å². The molecular weight excluding hydrogens is 290 g/mol. The van der Waals surface area contributed by atoms with Crippen molar-refractivity contribution in [2.45, 2.75) is 32.8 Å². The summed E-state index contributed by atoms with van der Waals surface area (Å²) in [4.78, 5) is 0. The van der Waals surface area contributed by atoms with E-state index in [2.05, 4.69) is 30.1 Å². The molecule has 1 heterocycles. The van der Waals surface area contributed by atoms with Gasteiger partial charge in [-0.1, -0.05) is 50.2 Å². The number of benzene rings is 1. The van der Waals surface area contributed by atoms with E-state index in [4.69, 9.17) is 4.52 Å². The molecule has 0 saturated carbocycles. The summed E-state index contributed by atoms with van der Waals surface area (Å²) in [6, 6.07) is 9.69. The standard InChI is InChI=1S/C15H19NO4S/c1-15(2,3)12-7-5-11(6-8-12)14-9-13(16-20-14)10-19-21(4,17)18/h5-9H,10H2,1-4H3. The maximum Gasteiger partial charge on any atom is 0.264 e. The summed E-state index contributed by atoms with van der Waals surface area (Å²) < 4.78 is 31.8. The predicted molar refractivity (Wildman–Crippen MR) is 80.3 cm³/mol. The highest BCUT2D eigenvalue weighted by Gasteiger charge is 2.14. The van der Waals surface area contributed by atoms with Gasteiger partial charge in [-0.3, -0.25) is 4.18 Å². The first kappa shape index (κ1) is 15.7. The van der Waals surface area contributed by atoms with Crippen molar-refractivity contribution in [2.24, 2.45) is 0 Å². The lowest BCUT2D eigenvalue weighted by atomic mass is 9.86. The highest BCUT2D eigenvalue weighted by Crippen LogP contribution is 2.26. The summed E-state index contributed by atoms with van der Waals surface area (Å²) in [6.07, 6.45) is 0.999. The van der Waals surface area contributed by atoms with Gasteiger partial charge in [-0.2, -0.15) is 8.42 Å². The minimum absolute atomic E-state index is 0.0917. The minimum atomic E-state index is -3.48. The topological polar surface area (TPSA) is 69.4 Å². The van der Waals surface area contributed by atoms with E-state index in [1.165, 1.54) is 5.56 Å². The molecule has 0 unspecified atom stereocenters. The van der Waals surface area contributed by atoms with Crippen LogP contribution in [0.5, 0.6) is 0 Å². The highest BCUT2D eigenvalue weighted by molar-refractivity contribution is 7.85. The Bertz CT molecular complexity index is 709. The van der Waals surface area contributed by atoms with Gasteiger partial charge in [-0.15, -0.1) is 0 Å². The zero-order valence-corrected chi connectivity index (χ0v) is 13.4. The maximum atomic E-state index is 10.9. The van der Waals surface area contributed by atoms with Gasteiger partial charge < -0.3 is 4.52 Å². The van der Waals surface area contributed by atoms with E-state index in [1.54, 1.807) is 6.07 Å². The third-order valence-corrected chi connectivity index (χ3v) is 3.56. The Kier molecular flexibility index (Phi) is 4.20. The first-order valence-electron chi connectivity index (χ1n) is 6.56. The van der Waals surface area contributed by atoms with Gasteiger partial charge in [0.05, 0.1) is 6.26 Å². The molecule has 6 heteroatoms. The molecule has 0 fully saturated rings. The average Bonchev–Trinajstić information content (AvgIpc) is 2.83. The van der Waals surface area contributed by atoms with Crippen molar-refractivity contribution in [1.29, 1.82) is 0 Å². The van der Waals surface area contributed by atoms with Crippen molar-refractivity contribution in [3.8, 4) is 11.3 Å². The van der Waals surface area contributed by atoms with Crippen molar-refractivity contribution in [3.63, 3.8) is 0 Å². The molecule has 0 aliphatic rings. The molecule has 0 saturated heterocycles. The Hall–Kier alpha value is -1.66. The molecule has 0 N–H and O–H groups in total. The molecule has 0 spiro atoms. The first-order valence-corrected chi connectivity index (χ1v) is 8.38. The fourth-order valence-electron chi connectivity index (χ4n) is 1.82. The van der Waals surface area contributed by atoms with E-state index in [1.807, 2.05) is 24.3 Å². The lowest BCUT2D eigenvalue weighted by molar-refractivity contribution is 0.296. The normalized spacial score (nSPS) is 12.6. The van der Waals surface area contributed by atoms with Crippen molar-refractivity contribution < 1.29 is 17.1 Å². The largest absolute Gasteiger partial charge is 0.356 e. The highest BCUT2D eigenvalue weighted by atomic mass is 32.2. The SMILES string of the molecule is CC(C)(C)c1ccc(-c2cc(COS(C)(=O)=O)no2)cc1. The predicted octanol–water partition coefficient (Wildman–Crippen LogP) is 3.12. The number of aromatic nitrogens is 1. The minimum Gasteiger partial charge on any atom is -0.356 e. The summed E-state index contributed by atoms with van der Waals surface area (Å²) in [6.45, 7) is 6.33. The van der Waals surface area contributed by atoms with E-state index < -0.39 is 10.1 Å². The van der Waals surface area contributed by atoms with Crippen LogP contribution in [0.4, 0.5) is 0 Å². The van der Waals surface area contributed by atoms with Crippen LogP contribution in [0.2, 0.25) is 0 Å². The third kappa shape index (κ3) is 4.41. The maximum absolute atomic E-state index is 10.9. The fourth-order valence-corrected chi connectivity index (χ4v) is 2.15. The van der Waals surface area contributed by atoms with Crippen LogP contribution in [-0.2, 0) is 26.3 Å². The molecule has 0 bridgehead atoms. The Labute approximate surface area is 125 Å². The number of nitrogens with zero attached hydrogens (tertiary/aromatic N) is 1. The molecule has 0 atom stereocenters. The molecule has 2 rings (SSSR count). The summed E-state index contributed by atoms with van der Waals surface area (Å²) in [5, 5.41) is 3.80. The van der Waals surface area contributed by atoms with Crippen LogP contribution in [0.1, 0.15) is 32.0 Å². The molecule has 0 amide bonds. The zero-order chi connectivity index (χ0) is 15.7. The number of hydrogen-bond donors (Lipinski definition) is 0. The van der Waals surface area contributed by atoms with Gasteiger partial charge >= 0.3 is 0 Å². The van der Waals surface area contributed by atoms with Crippen LogP contribution in [-0.4, -0.2) is 19.8 Å². The van der Waals surface area contributed by atoms with E-state index in [-0.39, 0.29) is 12.0 Å². The monoisotopic (exact) mass is 309 g/mol. The van der Waals surface area contributed by atoms with Crippen LogP contribution in [0.25, 0.3) is 11.3 Å². The lowest BCUT2D eigenvalue weighted by Gasteiger charge is -2.18. The molecular formula is C15H19NO4S. The van der Waals surface area contributed by atoms with E-state index in [9.17, 15) is 8.42 Å². The summed E-state index contributed by atoms with van der Waals surface area (Å²) in [7, 11) is -3.48. The molecule has 5 nitrogen and oxygen atoms in total. The van der Waals surface area contributed by atoms with Gasteiger partial charge in [0.25, 0.3) is 10.1 Å².